The van der Waals surface area contributed by atoms with Crippen LogP contribution in [0.2, 0.25) is 0 Å². The lowest BCUT2D eigenvalue weighted by Crippen LogP contribution is -2.34. The Balaban J connectivity index is 2.05. The molecule has 94 valence electrons. The van der Waals surface area contributed by atoms with Crippen LogP contribution in [0.3, 0.4) is 0 Å². The minimum absolute atomic E-state index is 0.750. The number of benzene rings is 1. The normalized spacial score (nSPS) is 22.2. The van der Waals surface area contributed by atoms with Gasteiger partial charge in [0, 0.05) is 29.1 Å². The van der Waals surface area contributed by atoms with E-state index in [9.17, 15) is 0 Å². The number of nitrogens with one attached hydrogen (secondary N) is 1. The monoisotopic (exact) mass is 240 g/mol. The van der Waals surface area contributed by atoms with Gasteiger partial charge in [-0.05, 0) is 48.9 Å². The van der Waals surface area contributed by atoms with Gasteiger partial charge in [-0.15, -0.1) is 0 Å². The van der Waals surface area contributed by atoms with Gasteiger partial charge in [0.1, 0.15) is 0 Å². The molecule has 4 rings (SSSR count). The van der Waals surface area contributed by atoms with E-state index in [0.29, 0.717) is 0 Å². The van der Waals surface area contributed by atoms with Gasteiger partial charge in [-0.3, -0.25) is 5.32 Å². The fraction of sp³-hybridized carbons (Fsp3) is 0.500. The summed E-state index contributed by atoms with van der Waals surface area (Å²) in [6, 6.07) is 7.05. The molecule has 0 radical (unpaired) electrons. The summed E-state index contributed by atoms with van der Waals surface area (Å²) in [6.07, 6.45) is 5.13. The van der Waals surface area contributed by atoms with Crippen molar-refractivity contribution in [1.82, 2.24) is 9.88 Å². The Morgan fingerprint density at radius 2 is 2.33 bits per heavy atom. The molecule has 1 atom stereocenters. The van der Waals surface area contributed by atoms with Gasteiger partial charge in [-0.1, -0.05) is 13.0 Å². The highest BCUT2D eigenvalue weighted by molar-refractivity contribution is 5.87. The van der Waals surface area contributed by atoms with E-state index in [0.717, 1.165) is 19.0 Å². The van der Waals surface area contributed by atoms with Crippen molar-refractivity contribution in [3.63, 3.8) is 0 Å². The van der Waals surface area contributed by atoms with E-state index in [2.05, 4.69) is 35.0 Å². The third-order valence-corrected chi connectivity index (χ3v) is 4.71. The molecule has 1 aliphatic heterocycles. The Labute approximate surface area is 108 Å². The molecular formula is C16H20N2. The maximum absolute atomic E-state index is 3.57. The molecule has 0 amide bonds. The van der Waals surface area contributed by atoms with Crippen LogP contribution in [0.25, 0.3) is 10.9 Å². The van der Waals surface area contributed by atoms with E-state index in [1.807, 2.05) is 0 Å². The van der Waals surface area contributed by atoms with Crippen LogP contribution in [0, 0.1) is 0 Å². The molecule has 2 aliphatic rings. The molecule has 0 fully saturated rings. The molecule has 1 aliphatic carbocycles. The van der Waals surface area contributed by atoms with Crippen molar-refractivity contribution in [3.05, 3.63) is 35.0 Å². The third-order valence-electron chi connectivity index (χ3n) is 4.71. The van der Waals surface area contributed by atoms with Crippen molar-refractivity contribution in [2.24, 2.45) is 0 Å². The molecule has 1 aromatic carbocycles. The Morgan fingerprint density at radius 3 is 3.22 bits per heavy atom. The molecular weight excluding hydrogens is 220 g/mol. The summed E-state index contributed by atoms with van der Waals surface area (Å²) in [5.74, 6) is 0.750. The van der Waals surface area contributed by atoms with E-state index in [-0.39, 0.29) is 0 Å². The van der Waals surface area contributed by atoms with Crippen LogP contribution in [-0.4, -0.2) is 11.1 Å². The standard InChI is InChI=1S/C16H20N2/c1-2-11-6-7-15-14(8-11)13-5-3-4-12-9-17-10-18(15)16(12)13/h6-8,12,17H,2-5,9-10H2,1H3. The lowest BCUT2D eigenvalue weighted by Gasteiger charge is -2.30. The zero-order valence-corrected chi connectivity index (χ0v) is 11.0. The van der Waals surface area contributed by atoms with Crippen LogP contribution in [-0.2, 0) is 19.5 Å². The third kappa shape index (κ3) is 1.33. The summed E-state index contributed by atoms with van der Waals surface area (Å²) in [5, 5.41) is 5.10. The van der Waals surface area contributed by atoms with E-state index < -0.39 is 0 Å². The first-order valence-electron chi connectivity index (χ1n) is 7.23. The number of aryl methyl sites for hydroxylation is 2. The molecule has 0 bridgehead atoms. The highest BCUT2D eigenvalue weighted by Crippen LogP contribution is 2.39. The number of rotatable bonds is 1. The number of hydrogen-bond acceptors (Lipinski definition) is 1. The smallest absolute Gasteiger partial charge is 0.0729 e. The Kier molecular flexibility index (Phi) is 2.28. The van der Waals surface area contributed by atoms with Gasteiger partial charge in [0.15, 0.2) is 0 Å². The Bertz CT molecular complexity index is 607. The van der Waals surface area contributed by atoms with Gasteiger partial charge in [-0.25, -0.2) is 0 Å². The van der Waals surface area contributed by atoms with Gasteiger partial charge in [-0.2, -0.15) is 0 Å². The van der Waals surface area contributed by atoms with Gasteiger partial charge in [0.2, 0.25) is 0 Å². The summed E-state index contributed by atoms with van der Waals surface area (Å²) in [6.45, 7) is 4.41. The molecule has 1 unspecified atom stereocenters. The van der Waals surface area contributed by atoms with Crippen LogP contribution in [0.1, 0.15) is 42.5 Å². The van der Waals surface area contributed by atoms with E-state index in [1.165, 1.54) is 42.3 Å². The fourth-order valence-corrected chi connectivity index (χ4v) is 3.82. The van der Waals surface area contributed by atoms with Crippen molar-refractivity contribution < 1.29 is 0 Å². The average molecular weight is 240 g/mol. The predicted molar refractivity (Wildman–Crippen MR) is 75.0 cm³/mol. The Morgan fingerprint density at radius 1 is 1.39 bits per heavy atom. The van der Waals surface area contributed by atoms with E-state index >= 15 is 0 Å². The fourth-order valence-electron chi connectivity index (χ4n) is 3.82. The Hall–Kier alpha value is -1.28. The van der Waals surface area contributed by atoms with Crippen LogP contribution < -0.4 is 5.32 Å². The zero-order valence-electron chi connectivity index (χ0n) is 11.0. The zero-order chi connectivity index (χ0) is 12.1. The highest BCUT2D eigenvalue weighted by atomic mass is 15.2. The first kappa shape index (κ1) is 10.6. The first-order chi connectivity index (χ1) is 8.88. The van der Waals surface area contributed by atoms with Crippen molar-refractivity contribution in [3.8, 4) is 0 Å². The van der Waals surface area contributed by atoms with Crippen LogP contribution >= 0.6 is 0 Å². The predicted octanol–water partition coefficient (Wildman–Crippen LogP) is 3.18. The van der Waals surface area contributed by atoms with E-state index in [4.69, 9.17) is 0 Å². The number of fused-ring (bicyclic) bond motifs is 3. The van der Waals surface area contributed by atoms with Crippen LogP contribution in [0.15, 0.2) is 18.2 Å². The second kappa shape index (κ2) is 3.86. The molecule has 2 aromatic rings. The van der Waals surface area contributed by atoms with Crippen molar-refractivity contribution in [2.45, 2.75) is 45.2 Å². The van der Waals surface area contributed by atoms with Crippen LogP contribution in [0.4, 0.5) is 0 Å². The summed E-state index contributed by atoms with van der Waals surface area (Å²) in [7, 11) is 0. The lowest BCUT2D eigenvalue weighted by atomic mass is 9.86. The van der Waals surface area contributed by atoms with Gasteiger partial charge in [0.05, 0.1) is 6.67 Å². The topological polar surface area (TPSA) is 17.0 Å². The van der Waals surface area contributed by atoms with Crippen LogP contribution in [0.5, 0.6) is 0 Å². The van der Waals surface area contributed by atoms with E-state index in [1.54, 1.807) is 11.3 Å². The SMILES string of the molecule is CCc1ccc2c(c1)c1c3n2CNCC3CCC1. The maximum Gasteiger partial charge on any atom is 0.0729 e. The number of nitrogens with zero attached hydrogens (tertiary/aromatic N) is 1. The van der Waals surface area contributed by atoms with Gasteiger partial charge >= 0.3 is 0 Å². The minimum Gasteiger partial charge on any atom is -0.331 e. The molecule has 0 saturated carbocycles. The summed E-state index contributed by atoms with van der Waals surface area (Å²) in [5.41, 5.74) is 6.20. The molecule has 2 heteroatoms. The van der Waals surface area contributed by atoms with Gasteiger partial charge in [0.25, 0.3) is 0 Å². The molecule has 1 N–H and O–H groups in total. The number of aromatic nitrogens is 1. The summed E-state index contributed by atoms with van der Waals surface area (Å²) >= 11 is 0. The molecule has 2 nitrogen and oxygen atoms in total. The quantitative estimate of drug-likeness (QED) is 0.810. The van der Waals surface area contributed by atoms with Crippen molar-refractivity contribution >= 4 is 10.9 Å². The minimum atomic E-state index is 0.750. The molecule has 0 spiro atoms. The molecule has 0 saturated heterocycles. The molecule has 18 heavy (non-hydrogen) atoms. The first-order valence-corrected chi connectivity index (χ1v) is 7.23. The summed E-state index contributed by atoms with van der Waals surface area (Å²) in [4.78, 5) is 0. The van der Waals surface area contributed by atoms with Crippen molar-refractivity contribution in [2.75, 3.05) is 6.54 Å². The molecule has 2 heterocycles. The lowest BCUT2D eigenvalue weighted by molar-refractivity contribution is 0.402. The summed E-state index contributed by atoms with van der Waals surface area (Å²) < 4.78 is 2.53. The second-order valence-electron chi connectivity index (χ2n) is 5.70. The second-order valence-corrected chi connectivity index (χ2v) is 5.70. The average Bonchev–Trinajstić information content (AvgIpc) is 2.76. The maximum atomic E-state index is 3.57. The molecule has 1 aromatic heterocycles. The number of hydrogen-bond donors (Lipinski definition) is 1. The van der Waals surface area contributed by atoms with Crippen molar-refractivity contribution in [1.29, 1.82) is 0 Å². The largest absolute Gasteiger partial charge is 0.331 e. The van der Waals surface area contributed by atoms with Gasteiger partial charge < -0.3 is 4.57 Å². The highest BCUT2D eigenvalue weighted by Gasteiger charge is 2.29.